The third-order valence-electron chi connectivity index (χ3n) is 2.55. The highest BCUT2D eigenvalue weighted by Crippen LogP contribution is 2.13. The molecule has 0 heterocycles. The van der Waals surface area contributed by atoms with Crippen LogP contribution >= 0.6 is 0 Å². The number of rotatable bonds is 6. The Bertz CT molecular complexity index is 561. The predicted octanol–water partition coefficient (Wildman–Crippen LogP) is 1.37. The highest BCUT2D eigenvalue weighted by atomic mass is 32.2. The number of sulfone groups is 1. The largest absolute Gasteiger partial charge is 0.312 e. The Morgan fingerprint density at radius 2 is 1.95 bits per heavy atom. The Morgan fingerprint density at radius 1 is 1.32 bits per heavy atom. The first-order chi connectivity index (χ1) is 9.00. The molecule has 1 aromatic carbocycles. The summed E-state index contributed by atoms with van der Waals surface area (Å²) in [6, 6.07) is 10.7. The van der Waals surface area contributed by atoms with Gasteiger partial charge in [0.25, 0.3) is 0 Å². The van der Waals surface area contributed by atoms with Crippen LogP contribution in [-0.2, 0) is 14.6 Å². The van der Waals surface area contributed by atoms with Crippen molar-refractivity contribution < 1.29 is 13.2 Å². The van der Waals surface area contributed by atoms with Gasteiger partial charge in [-0.1, -0.05) is 18.2 Å². The number of para-hydroxylation sites is 1. The molecule has 0 fully saturated rings. The van der Waals surface area contributed by atoms with Crippen LogP contribution in [0.4, 0.5) is 5.69 Å². The van der Waals surface area contributed by atoms with E-state index in [1.165, 1.54) is 4.90 Å². The molecule has 0 saturated heterocycles. The van der Waals surface area contributed by atoms with Gasteiger partial charge >= 0.3 is 0 Å². The van der Waals surface area contributed by atoms with Gasteiger partial charge in [-0.05, 0) is 19.1 Å². The molecule has 0 aliphatic rings. The summed E-state index contributed by atoms with van der Waals surface area (Å²) < 4.78 is 23.3. The smallest absolute Gasteiger partial charge is 0.242 e. The molecule has 6 heteroatoms. The monoisotopic (exact) mass is 280 g/mol. The molecule has 0 unspecified atom stereocenters. The van der Waals surface area contributed by atoms with Gasteiger partial charge in [0.2, 0.25) is 5.91 Å². The lowest BCUT2D eigenvalue weighted by Crippen LogP contribution is -2.36. The number of nitrogens with zero attached hydrogens (tertiary/aromatic N) is 2. The highest BCUT2D eigenvalue weighted by molar-refractivity contribution is 7.92. The predicted molar refractivity (Wildman–Crippen MR) is 73.4 cm³/mol. The Kier molecular flexibility index (Phi) is 5.52. The maximum atomic E-state index is 12.0. The van der Waals surface area contributed by atoms with Crippen molar-refractivity contribution in [1.29, 1.82) is 5.26 Å². The van der Waals surface area contributed by atoms with Gasteiger partial charge in [-0.3, -0.25) is 4.79 Å². The summed E-state index contributed by atoms with van der Waals surface area (Å²) in [7, 11) is -3.52. The van der Waals surface area contributed by atoms with Crippen LogP contribution in [0.1, 0.15) is 13.3 Å². The minimum absolute atomic E-state index is 0.0902. The summed E-state index contributed by atoms with van der Waals surface area (Å²) >= 11 is 0. The van der Waals surface area contributed by atoms with E-state index in [9.17, 15) is 13.2 Å². The fraction of sp³-hybridized carbons (Fsp3) is 0.385. The van der Waals surface area contributed by atoms with Crippen LogP contribution in [0.2, 0.25) is 0 Å². The number of hydrogen-bond donors (Lipinski definition) is 0. The Hall–Kier alpha value is -1.87. The minimum Gasteiger partial charge on any atom is -0.312 e. The van der Waals surface area contributed by atoms with E-state index in [1.807, 2.05) is 6.07 Å². The zero-order valence-electron chi connectivity index (χ0n) is 10.7. The van der Waals surface area contributed by atoms with Gasteiger partial charge in [0.1, 0.15) is 5.75 Å². The molecule has 0 aliphatic heterocycles. The van der Waals surface area contributed by atoms with Crippen molar-refractivity contribution >= 4 is 21.4 Å². The molecular weight excluding hydrogens is 264 g/mol. The standard InChI is InChI=1S/C13H16N2O3S/c1-2-15(12-7-4-3-5-8-12)13(16)11-19(17,18)10-6-9-14/h3-5,7-8H,2,6,10-11H2,1H3. The summed E-state index contributed by atoms with van der Waals surface area (Å²) in [4.78, 5) is 13.4. The number of benzene rings is 1. The third-order valence-corrected chi connectivity index (χ3v) is 4.07. The molecule has 19 heavy (non-hydrogen) atoms. The number of carbonyl (C=O) groups excluding carboxylic acids is 1. The van der Waals surface area contributed by atoms with E-state index in [2.05, 4.69) is 0 Å². The van der Waals surface area contributed by atoms with E-state index in [0.29, 0.717) is 12.2 Å². The van der Waals surface area contributed by atoms with Gasteiger partial charge in [0, 0.05) is 18.7 Å². The number of anilines is 1. The average Bonchev–Trinajstić information content (AvgIpc) is 2.38. The Morgan fingerprint density at radius 3 is 2.47 bits per heavy atom. The molecule has 0 saturated carbocycles. The molecule has 0 aliphatic carbocycles. The lowest BCUT2D eigenvalue weighted by atomic mass is 10.3. The SMILES string of the molecule is CCN(C(=O)CS(=O)(=O)CCC#N)c1ccccc1. The van der Waals surface area contributed by atoms with Crippen molar-refractivity contribution in [3.63, 3.8) is 0 Å². The van der Waals surface area contributed by atoms with Crippen molar-refractivity contribution in [2.24, 2.45) is 0 Å². The first-order valence-electron chi connectivity index (χ1n) is 5.93. The van der Waals surface area contributed by atoms with Crippen molar-refractivity contribution in [1.82, 2.24) is 0 Å². The fourth-order valence-corrected chi connectivity index (χ4v) is 2.73. The van der Waals surface area contributed by atoms with Crippen LogP contribution in [0.15, 0.2) is 30.3 Å². The second kappa shape index (κ2) is 6.90. The van der Waals surface area contributed by atoms with Gasteiger partial charge < -0.3 is 4.90 Å². The lowest BCUT2D eigenvalue weighted by Gasteiger charge is -2.20. The van der Waals surface area contributed by atoms with E-state index in [0.717, 1.165) is 0 Å². The average molecular weight is 280 g/mol. The molecule has 0 aromatic heterocycles. The zero-order chi connectivity index (χ0) is 14.3. The molecule has 1 aromatic rings. The van der Waals surface area contributed by atoms with E-state index in [-0.39, 0.29) is 12.2 Å². The third kappa shape index (κ3) is 4.72. The second-order valence-electron chi connectivity index (χ2n) is 3.97. The lowest BCUT2D eigenvalue weighted by molar-refractivity contribution is -0.116. The van der Waals surface area contributed by atoms with Gasteiger partial charge in [0.15, 0.2) is 9.84 Å². The highest BCUT2D eigenvalue weighted by Gasteiger charge is 2.21. The van der Waals surface area contributed by atoms with Gasteiger partial charge in [-0.25, -0.2) is 8.42 Å². The molecule has 1 amide bonds. The molecule has 0 N–H and O–H groups in total. The van der Waals surface area contributed by atoms with Crippen LogP contribution in [0.3, 0.4) is 0 Å². The van der Waals surface area contributed by atoms with Crippen LogP contribution in [0, 0.1) is 11.3 Å². The molecule has 0 radical (unpaired) electrons. The topological polar surface area (TPSA) is 78.2 Å². The molecule has 0 spiro atoms. The molecule has 1 rings (SSSR count). The minimum atomic E-state index is -3.52. The summed E-state index contributed by atoms with van der Waals surface area (Å²) in [6.07, 6.45) is -0.0902. The van der Waals surface area contributed by atoms with E-state index in [4.69, 9.17) is 5.26 Å². The first-order valence-corrected chi connectivity index (χ1v) is 7.75. The molecule has 0 atom stereocenters. The maximum Gasteiger partial charge on any atom is 0.242 e. The molecule has 5 nitrogen and oxygen atoms in total. The van der Waals surface area contributed by atoms with Crippen LogP contribution < -0.4 is 4.90 Å². The quantitative estimate of drug-likeness (QED) is 0.788. The zero-order valence-corrected chi connectivity index (χ0v) is 11.6. The molecule has 102 valence electrons. The van der Waals surface area contributed by atoms with Crippen LogP contribution in [0.5, 0.6) is 0 Å². The summed E-state index contributed by atoms with van der Waals surface area (Å²) in [5.74, 6) is -1.30. The summed E-state index contributed by atoms with van der Waals surface area (Å²) in [5.41, 5.74) is 0.672. The molecular formula is C13H16N2O3S. The number of carbonyl (C=O) groups is 1. The van der Waals surface area contributed by atoms with E-state index in [1.54, 1.807) is 37.3 Å². The Balaban J connectivity index is 2.79. The van der Waals surface area contributed by atoms with E-state index >= 15 is 0 Å². The van der Waals surface area contributed by atoms with Gasteiger partial charge in [-0.15, -0.1) is 0 Å². The van der Waals surface area contributed by atoms with Gasteiger partial charge in [0.05, 0.1) is 11.8 Å². The number of amides is 1. The van der Waals surface area contributed by atoms with Crippen molar-refractivity contribution in [3.05, 3.63) is 30.3 Å². The van der Waals surface area contributed by atoms with Gasteiger partial charge in [-0.2, -0.15) is 5.26 Å². The van der Waals surface area contributed by atoms with Crippen LogP contribution in [0.25, 0.3) is 0 Å². The number of hydrogen-bond acceptors (Lipinski definition) is 4. The Labute approximate surface area is 113 Å². The van der Waals surface area contributed by atoms with Crippen LogP contribution in [-0.4, -0.2) is 32.4 Å². The molecule has 0 bridgehead atoms. The van der Waals surface area contributed by atoms with E-state index < -0.39 is 21.5 Å². The van der Waals surface area contributed by atoms with Crippen molar-refractivity contribution in [3.8, 4) is 6.07 Å². The summed E-state index contributed by atoms with van der Waals surface area (Å²) in [5, 5.41) is 8.39. The summed E-state index contributed by atoms with van der Waals surface area (Å²) in [6.45, 7) is 2.18. The van der Waals surface area contributed by atoms with Crippen molar-refractivity contribution in [2.75, 3.05) is 23.0 Å². The first kappa shape index (κ1) is 15.2. The normalized spacial score (nSPS) is 10.7. The maximum absolute atomic E-state index is 12.0. The number of nitriles is 1. The fourth-order valence-electron chi connectivity index (χ4n) is 1.65. The second-order valence-corrected chi connectivity index (χ2v) is 6.16. The van der Waals surface area contributed by atoms with Crippen molar-refractivity contribution in [2.45, 2.75) is 13.3 Å².